The first-order valence-electron chi connectivity index (χ1n) is 7.83. The first-order chi connectivity index (χ1) is 11.8. The van der Waals surface area contributed by atoms with Gasteiger partial charge in [0.2, 0.25) is 0 Å². The zero-order valence-corrected chi connectivity index (χ0v) is 13.0. The quantitative estimate of drug-likeness (QED) is 0.629. The number of H-pyrrole nitrogens is 1. The molecule has 1 N–H and O–H groups in total. The van der Waals surface area contributed by atoms with Crippen LogP contribution in [0, 0.1) is 0 Å². The zero-order chi connectivity index (χ0) is 16.4. The molecule has 0 unspecified atom stereocenters. The molecule has 0 bridgehead atoms. The van der Waals surface area contributed by atoms with Crippen molar-refractivity contribution in [3.8, 4) is 0 Å². The van der Waals surface area contributed by atoms with Gasteiger partial charge in [-0.15, -0.1) is 0 Å². The Balaban J connectivity index is 1.67. The predicted octanol–water partition coefficient (Wildman–Crippen LogP) is 2.60. The molecule has 5 heteroatoms. The van der Waals surface area contributed by atoms with E-state index in [0.717, 1.165) is 22.6 Å². The Bertz CT molecular complexity index is 1020. The van der Waals surface area contributed by atoms with Crippen molar-refractivity contribution in [3.63, 3.8) is 0 Å². The van der Waals surface area contributed by atoms with Gasteiger partial charge < -0.3 is 0 Å². The Kier molecular flexibility index (Phi) is 3.67. The van der Waals surface area contributed by atoms with Crippen LogP contribution < -0.4 is 5.56 Å². The van der Waals surface area contributed by atoms with E-state index in [-0.39, 0.29) is 5.56 Å². The fourth-order valence-corrected chi connectivity index (χ4v) is 2.74. The zero-order valence-electron chi connectivity index (χ0n) is 13.0. The van der Waals surface area contributed by atoms with E-state index in [1.807, 2.05) is 60.7 Å². The van der Waals surface area contributed by atoms with E-state index in [0.29, 0.717) is 18.6 Å². The standard InChI is InChI=1S/C19H16N4O/c24-18-13-16(11-14-7-3-1-4-8-14)20-19-21-17(22-23(18)19)12-15-9-5-2-6-10-15/h1-10,13H,11-12H2,(H,20,21,22). The van der Waals surface area contributed by atoms with Crippen molar-refractivity contribution in [1.29, 1.82) is 0 Å². The van der Waals surface area contributed by atoms with Crippen molar-refractivity contribution in [2.24, 2.45) is 0 Å². The molecule has 0 spiro atoms. The summed E-state index contributed by atoms with van der Waals surface area (Å²) in [6, 6.07) is 21.5. The summed E-state index contributed by atoms with van der Waals surface area (Å²) >= 11 is 0. The van der Waals surface area contributed by atoms with Crippen molar-refractivity contribution in [2.45, 2.75) is 12.8 Å². The summed E-state index contributed by atoms with van der Waals surface area (Å²) < 4.78 is 1.40. The lowest BCUT2D eigenvalue weighted by molar-refractivity contribution is 0.852. The largest absolute Gasteiger partial charge is 0.275 e. The smallest absolute Gasteiger partial charge is 0.274 e. The van der Waals surface area contributed by atoms with Crippen molar-refractivity contribution in [3.05, 3.63) is 99.7 Å². The maximum Gasteiger partial charge on any atom is 0.274 e. The minimum atomic E-state index is -0.141. The number of nitrogens with zero attached hydrogens (tertiary/aromatic N) is 3. The molecule has 0 radical (unpaired) electrons. The number of benzene rings is 2. The molecule has 24 heavy (non-hydrogen) atoms. The van der Waals surface area contributed by atoms with Crippen molar-refractivity contribution in [2.75, 3.05) is 0 Å². The Morgan fingerprint density at radius 2 is 1.46 bits per heavy atom. The molecule has 2 heterocycles. The maximum absolute atomic E-state index is 12.3. The first-order valence-corrected chi connectivity index (χ1v) is 7.83. The van der Waals surface area contributed by atoms with Gasteiger partial charge in [-0.25, -0.2) is 4.98 Å². The monoisotopic (exact) mass is 316 g/mol. The van der Waals surface area contributed by atoms with E-state index in [2.05, 4.69) is 15.1 Å². The summed E-state index contributed by atoms with van der Waals surface area (Å²) in [6.45, 7) is 0. The number of fused-ring (bicyclic) bond motifs is 1. The van der Waals surface area contributed by atoms with E-state index < -0.39 is 0 Å². The highest BCUT2D eigenvalue weighted by molar-refractivity contribution is 5.31. The molecule has 4 aromatic rings. The third-order valence-electron chi connectivity index (χ3n) is 3.87. The Morgan fingerprint density at radius 3 is 2.12 bits per heavy atom. The van der Waals surface area contributed by atoms with Gasteiger partial charge in [-0.3, -0.25) is 9.89 Å². The minimum absolute atomic E-state index is 0.141. The first kappa shape index (κ1) is 14.4. The van der Waals surface area contributed by atoms with Crippen molar-refractivity contribution >= 4 is 5.78 Å². The van der Waals surface area contributed by atoms with Gasteiger partial charge in [0.05, 0.1) is 5.69 Å². The summed E-state index contributed by atoms with van der Waals surface area (Å²) in [6.07, 6.45) is 1.26. The molecule has 118 valence electrons. The Hall–Kier alpha value is -3.21. The van der Waals surface area contributed by atoms with Crippen LogP contribution in [0.15, 0.2) is 71.5 Å². The highest BCUT2D eigenvalue weighted by atomic mass is 16.1. The van der Waals surface area contributed by atoms with Gasteiger partial charge in [0.1, 0.15) is 5.82 Å². The van der Waals surface area contributed by atoms with Crippen LogP contribution >= 0.6 is 0 Å². The Morgan fingerprint density at radius 1 is 0.833 bits per heavy atom. The number of aromatic nitrogens is 4. The van der Waals surface area contributed by atoms with Crippen LogP contribution in [-0.2, 0) is 12.8 Å². The maximum atomic E-state index is 12.3. The van der Waals surface area contributed by atoms with Gasteiger partial charge >= 0.3 is 0 Å². The molecule has 0 amide bonds. The lowest BCUT2D eigenvalue weighted by Crippen LogP contribution is -2.16. The van der Waals surface area contributed by atoms with Gasteiger partial charge in [-0.1, -0.05) is 60.7 Å². The van der Waals surface area contributed by atoms with E-state index in [4.69, 9.17) is 0 Å². The molecule has 0 fully saturated rings. The number of hydrogen-bond donors (Lipinski definition) is 1. The summed E-state index contributed by atoms with van der Waals surface area (Å²) in [5.41, 5.74) is 2.84. The molecule has 0 saturated carbocycles. The highest BCUT2D eigenvalue weighted by Crippen LogP contribution is 2.08. The third-order valence-corrected chi connectivity index (χ3v) is 3.87. The average molecular weight is 316 g/mol. The van der Waals surface area contributed by atoms with Gasteiger partial charge in [0, 0.05) is 18.9 Å². The van der Waals surface area contributed by atoms with Crippen LogP contribution in [0.2, 0.25) is 0 Å². The van der Waals surface area contributed by atoms with Gasteiger partial charge in [0.25, 0.3) is 11.3 Å². The lowest BCUT2D eigenvalue weighted by Gasteiger charge is -2.00. The second-order valence-electron chi connectivity index (χ2n) is 5.72. The van der Waals surface area contributed by atoms with Crippen molar-refractivity contribution < 1.29 is 0 Å². The van der Waals surface area contributed by atoms with Crippen molar-refractivity contribution in [1.82, 2.24) is 19.6 Å². The molecule has 0 saturated heterocycles. The second kappa shape index (κ2) is 6.12. The van der Waals surface area contributed by atoms with Crippen LogP contribution in [0.25, 0.3) is 5.78 Å². The van der Waals surface area contributed by atoms with E-state index in [1.54, 1.807) is 6.07 Å². The van der Waals surface area contributed by atoms with E-state index >= 15 is 0 Å². The van der Waals surface area contributed by atoms with E-state index in [9.17, 15) is 4.79 Å². The van der Waals surface area contributed by atoms with Crippen LogP contribution in [0.4, 0.5) is 0 Å². The summed E-state index contributed by atoms with van der Waals surface area (Å²) in [7, 11) is 0. The van der Waals surface area contributed by atoms with Crippen LogP contribution in [-0.4, -0.2) is 19.6 Å². The lowest BCUT2D eigenvalue weighted by atomic mass is 10.1. The highest BCUT2D eigenvalue weighted by Gasteiger charge is 2.09. The van der Waals surface area contributed by atoms with Crippen LogP contribution in [0.5, 0.6) is 0 Å². The fraction of sp³-hybridized carbons (Fsp3) is 0.105. The average Bonchev–Trinajstić information content (AvgIpc) is 3.00. The number of rotatable bonds is 4. The number of hydrogen-bond acceptors (Lipinski definition) is 3. The molecule has 2 aromatic carbocycles. The summed E-state index contributed by atoms with van der Waals surface area (Å²) in [4.78, 5) is 21.3. The van der Waals surface area contributed by atoms with E-state index in [1.165, 1.54) is 4.52 Å². The predicted molar refractivity (Wildman–Crippen MR) is 92.1 cm³/mol. The second-order valence-corrected chi connectivity index (χ2v) is 5.72. The summed E-state index contributed by atoms with van der Waals surface area (Å²) in [5.74, 6) is 1.14. The summed E-state index contributed by atoms with van der Waals surface area (Å²) in [5, 5.41) is 3.03. The van der Waals surface area contributed by atoms with Crippen LogP contribution in [0.1, 0.15) is 22.6 Å². The normalized spacial score (nSPS) is 11.0. The fourth-order valence-electron chi connectivity index (χ4n) is 2.74. The van der Waals surface area contributed by atoms with Gasteiger partial charge in [-0.05, 0) is 11.1 Å². The molecule has 4 rings (SSSR count). The molecule has 5 nitrogen and oxygen atoms in total. The number of aromatic amines is 1. The molecule has 0 aliphatic rings. The van der Waals surface area contributed by atoms with Gasteiger partial charge in [-0.2, -0.15) is 9.50 Å². The molecule has 0 aliphatic carbocycles. The molecule has 2 aromatic heterocycles. The molecular formula is C19H16N4O. The molecular weight excluding hydrogens is 300 g/mol. The third kappa shape index (κ3) is 2.96. The van der Waals surface area contributed by atoms with Crippen LogP contribution in [0.3, 0.4) is 0 Å². The molecule has 0 aliphatic heterocycles. The molecule has 0 atom stereocenters. The number of nitrogens with one attached hydrogen (secondary N) is 1. The van der Waals surface area contributed by atoms with Gasteiger partial charge in [0.15, 0.2) is 0 Å². The Labute approximate surface area is 138 Å². The minimum Gasteiger partial charge on any atom is -0.275 e. The topological polar surface area (TPSA) is 63.0 Å². The SMILES string of the molecule is O=c1cc(Cc2ccccc2)nc2nc(Cc3ccccc3)[nH]n12.